The van der Waals surface area contributed by atoms with E-state index in [2.05, 4.69) is 27.9 Å². The number of halogens is 5. The van der Waals surface area contributed by atoms with E-state index in [0.29, 0.717) is 11.4 Å². The monoisotopic (exact) mass is 403 g/mol. The summed E-state index contributed by atoms with van der Waals surface area (Å²) in [6.45, 7) is 0. The second-order valence-electron chi connectivity index (χ2n) is 4.87. The zero-order chi connectivity index (χ0) is 14.0. The molecule has 0 aliphatic heterocycles. The van der Waals surface area contributed by atoms with Crippen LogP contribution >= 0.6 is 34.2 Å². The van der Waals surface area contributed by atoms with Gasteiger partial charge in [-0.25, -0.2) is 0 Å². The molecule has 1 N–H and O–H groups in total. The van der Waals surface area contributed by atoms with Gasteiger partial charge in [0.05, 0.1) is 5.92 Å². The van der Waals surface area contributed by atoms with Crippen molar-refractivity contribution in [3.8, 4) is 0 Å². The first-order valence-corrected chi connectivity index (χ1v) is 7.60. The van der Waals surface area contributed by atoms with Gasteiger partial charge in [0.15, 0.2) is 0 Å². The number of alkyl halides is 3. The fourth-order valence-electron chi connectivity index (χ4n) is 2.44. The quantitative estimate of drug-likeness (QED) is 0.645. The van der Waals surface area contributed by atoms with Gasteiger partial charge in [0.25, 0.3) is 0 Å². The zero-order valence-electron chi connectivity index (χ0n) is 10.1. The van der Waals surface area contributed by atoms with Crippen molar-refractivity contribution in [3.05, 3.63) is 26.8 Å². The van der Waals surface area contributed by atoms with Crippen LogP contribution in [0.25, 0.3) is 0 Å². The average molecular weight is 404 g/mol. The third kappa shape index (κ3) is 4.15. The number of benzene rings is 1. The summed E-state index contributed by atoms with van der Waals surface area (Å²) >= 11 is 8.00. The van der Waals surface area contributed by atoms with E-state index in [0.717, 1.165) is 15.7 Å². The molecular weight excluding hydrogens is 390 g/mol. The van der Waals surface area contributed by atoms with E-state index in [4.69, 9.17) is 11.6 Å². The minimum absolute atomic E-state index is 0.116. The van der Waals surface area contributed by atoms with Crippen molar-refractivity contribution in [2.45, 2.75) is 37.9 Å². The second kappa shape index (κ2) is 6.08. The summed E-state index contributed by atoms with van der Waals surface area (Å²) in [6.07, 6.45) is -2.27. The lowest BCUT2D eigenvalue weighted by Gasteiger charge is -2.31. The lowest BCUT2D eigenvalue weighted by atomic mass is 9.85. The second-order valence-corrected chi connectivity index (χ2v) is 6.47. The third-order valence-electron chi connectivity index (χ3n) is 3.43. The van der Waals surface area contributed by atoms with E-state index < -0.39 is 12.1 Å². The standard InChI is InChI=1S/C13H14ClF3IN/c14-9-4-5-12(11(18)7-9)19-10-3-1-2-8(6-10)13(15,16)17/h4-5,7-8,10,19H,1-3,6H2. The Bertz CT molecular complexity index is 450. The Balaban J connectivity index is 2.03. The van der Waals surface area contributed by atoms with Crippen LogP contribution < -0.4 is 5.32 Å². The molecule has 1 saturated carbocycles. The Kier molecular flexibility index (Phi) is 4.87. The molecule has 2 rings (SSSR count). The highest BCUT2D eigenvalue weighted by atomic mass is 127. The van der Waals surface area contributed by atoms with Crippen molar-refractivity contribution in [3.63, 3.8) is 0 Å². The normalized spacial score (nSPS) is 24.3. The molecule has 2 unspecified atom stereocenters. The summed E-state index contributed by atoms with van der Waals surface area (Å²) in [6, 6.07) is 5.25. The molecule has 106 valence electrons. The lowest BCUT2D eigenvalue weighted by Crippen LogP contribution is -2.34. The van der Waals surface area contributed by atoms with Gasteiger partial charge in [0, 0.05) is 20.3 Å². The fraction of sp³-hybridized carbons (Fsp3) is 0.538. The lowest BCUT2D eigenvalue weighted by molar-refractivity contribution is -0.182. The number of anilines is 1. The minimum Gasteiger partial charge on any atom is -0.381 e. The Hall–Kier alpha value is -0.170. The molecule has 1 aromatic carbocycles. The molecule has 1 nitrogen and oxygen atoms in total. The molecule has 0 saturated heterocycles. The Morgan fingerprint density at radius 1 is 1.26 bits per heavy atom. The zero-order valence-corrected chi connectivity index (χ0v) is 13.0. The van der Waals surface area contributed by atoms with Crippen LogP contribution in [0.4, 0.5) is 18.9 Å². The number of rotatable bonds is 2. The van der Waals surface area contributed by atoms with E-state index in [1.165, 1.54) is 0 Å². The van der Waals surface area contributed by atoms with Crippen molar-refractivity contribution >= 4 is 39.9 Å². The molecule has 1 fully saturated rings. The van der Waals surface area contributed by atoms with E-state index in [1.54, 1.807) is 12.1 Å². The van der Waals surface area contributed by atoms with Crippen molar-refractivity contribution in [1.82, 2.24) is 0 Å². The van der Waals surface area contributed by atoms with Crippen LogP contribution in [0.1, 0.15) is 25.7 Å². The first-order valence-electron chi connectivity index (χ1n) is 6.14. The average Bonchev–Trinajstić information content (AvgIpc) is 2.32. The molecule has 19 heavy (non-hydrogen) atoms. The highest BCUT2D eigenvalue weighted by Gasteiger charge is 2.42. The van der Waals surface area contributed by atoms with Gasteiger partial charge in [-0.2, -0.15) is 13.2 Å². The molecule has 0 radical (unpaired) electrons. The van der Waals surface area contributed by atoms with Crippen molar-refractivity contribution in [1.29, 1.82) is 0 Å². The van der Waals surface area contributed by atoms with E-state index in [9.17, 15) is 13.2 Å². The van der Waals surface area contributed by atoms with Gasteiger partial charge < -0.3 is 5.32 Å². The summed E-state index contributed by atoms with van der Waals surface area (Å²) in [4.78, 5) is 0. The van der Waals surface area contributed by atoms with E-state index >= 15 is 0 Å². The highest BCUT2D eigenvalue weighted by molar-refractivity contribution is 14.1. The number of hydrogen-bond acceptors (Lipinski definition) is 1. The topological polar surface area (TPSA) is 12.0 Å². The largest absolute Gasteiger partial charge is 0.391 e. The Labute approximate surface area is 129 Å². The molecule has 1 aromatic rings. The summed E-state index contributed by atoms with van der Waals surface area (Å²) in [5, 5.41) is 3.84. The smallest absolute Gasteiger partial charge is 0.381 e. The maximum absolute atomic E-state index is 12.7. The van der Waals surface area contributed by atoms with Gasteiger partial charge in [-0.15, -0.1) is 0 Å². The first kappa shape index (κ1) is 15.2. The molecule has 0 spiro atoms. The molecule has 2 atom stereocenters. The third-order valence-corrected chi connectivity index (χ3v) is 4.56. The maximum atomic E-state index is 12.7. The van der Waals surface area contributed by atoms with Crippen molar-refractivity contribution in [2.75, 3.05) is 5.32 Å². The van der Waals surface area contributed by atoms with Crippen LogP contribution in [0.5, 0.6) is 0 Å². The van der Waals surface area contributed by atoms with Crippen LogP contribution in [-0.2, 0) is 0 Å². The number of hydrogen-bond donors (Lipinski definition) is 1. The van der Waals surface area contributed by atoms with Gasteiger partial charge in [-0.1, -0.05) is 18.0 Å². The summed E-state index contributed by atoms with van der Waals surface area (Å²) < 4.78 is 39.1. The maximum Gasteiger partial charge on any atom is 0.391 e. The van der Waals surface area contributed by atoms with Crippen molar-refractivity contribution in [2.24, 2.45) is 5.92 Å². The molecule has 0 amide bonds. The Morgan fingerprint density at radius 3 is 2.63 bits per heavy atom. The van der Waals surface area contributed by atoms with Crippen LogP contribution in [0.3, 0.4) is 0 Å². The summed E-state index contributed by atoms with van der Waals surface area (Å²) in [7, 11) is 0. The highest BCUT2D eigenvalue weighted by Crippen LogP contribution is 2.38. The summed E-state index contributed by atoms with van der Waals surface area (Å²) in [5.74, 6) is -1.18. The molecule has 0 bridgehead atoms. The number of nitrogens with one attached hydrogen (secondary N) is 1. The van der Waals surface area contributed by atoms with Crippen LogP contribution in [0.2, 0.25) is 5.02 Å². The summed E-state index contributed by atoms with van der Waals surface area (Å²) in [5.41, 5.74) is 0.859. The Morgan fingerprint density at radius 2 is 2.00 bits per heavy atom. The molecule has 6 heteroatoms. The van der Waals surface area contributed by atoms with E-state index in [1.807, 2.05) is 6.07 Å². The van der Waals surface area contributed by atoms with Crippen molar-refractivity contribution < 1.29 is 13.2 Å². The van der Waals surface area contributed by atoms with Gasteiger partial charge in [-0.05, 0) is 60.1 Å². The molecular formula is C13H14ClF3IN. The molecule has 1 aliphatic rings. The van der Waals surface area contributed by atoms with Gasteiger partial charge >= 0.3 is 6.18 Å². The van der Waals surface area contributed by atoms with Gasteiger partial charge in [0.2, 0.25) is 0 Å². The first-order chi connectivity index (χ1) is 8.86. The fourth-order valence-corrected chi connectivity index (χ4v) is 3.47. The SMILES string of the molecule is FC(F)(F)C1CCCC(Nc2ccc(Cl)cc2I)C1. The predicted octanol–water partition coefficient (Wildman–Crippen LogP) is 5.48. The van der Waals surface area contributed by atoms with Gasteiger partial charge in [-0.3, -0.25) is 0 Å². The van der Waals surface area contributed by atoms with Crippen LogP contribution in [0.15, 0.2) is 18.2 Å². The van der Waals surface area contributed by atoms with Crippen LogP contribution in [-0.4, -0.2) is 12.2 Å². The molecule has 0 heterocycles. The van der Waals surface area contributed by atoms with Gasteiger partial charge in [0.1, 0.15) is 0 Å². The molecule has 1 aliphatic carbocycles. The minimum atomic E-state index is -4.08. The van der Waals surface area contributed by atoms with Crippen LogP contribution in [0, 0.1) is 9.49 Å². The molecule has 0 aromatic heterocycles. The van der Waals surface area contributed by atoms with E-state index in [-0.39, 0.29) is 18.9 Å². The predicted molar refractivity (Wildman–Crippen MR) is 79.6 cm³/mol.